The molecule has 0 aromatic heterocycles. The molecular weight excluding hydrogens is 288 g/mol. The summed E-state index contributed by atoms with van der Waals surface area (Å²) in [5.74, 6) is 0.0911. The summed E-state index contributed by atoms with van der Waals surface area (Å²) in [6.07, 6.45) is -4.48. The lowest BCUT2D eigenvalue weighted by Crippen LogP contribution is -2.45. The largest absolute Gasteiger partial charge is 0.497 e. The molecule has 1 aromatic rings. The number of nitrogens with zero attached hydrogens (tertiary/aromatic N) is 1. The van der Waals surface area contributed by atoms with Gasteiger partial charge in [0.05, 0.1) is 18.7 Å². The first-order valence-electron chi connectivity index (χ1n) is 6.72. The van der Waals surface area contributed by atoms with Crippen molar-refractivity contribution in [2.75, 3.05) is 40.0 Å². The molecule has 1 atom stereocenters. The van der Waals surface area contributed by atoms with Gasteiger partial charge in [-0.3, -0.25) is 4.90 Å². The summed E-state index contributed by atoms with van der Waals surface area (Å²) in [5, 5.41) is 3.13. The van der Waals surface area contributed by atoms with Crippen LogP contribution in [0.15, 0.2) is 18.2 Å². The molecule has 0 radical (unpaired) electrons. The molecule has 1 aliphatic heterocycles. The predicted octanol–water partition coefficient (Wildman–Crippen LogP) is 2.63. The van der Waals surface area contributed by atoms with Crippen LogP contribution in [-0.4, -0.2) is 44.9 Å². The normalized spacial score (nSPS) is 18.5. The molecule has 7 heteroatoms. The van der Waals surface area contributed by atoms with Gasteiger partial charge in [0.2, 0.25) is 0 Å². The first-order valence-corrected chi connectivity index (χ1v) is 6.72. The average Bonchev–Trinajstić information content (AvgIpc) is 2.48. The van der Waals surface area contributed by atoms with E-state index in [0.717, 1.165) is 12.1 Å². The second-order valence-electron chi connectivity index (χ2n) is 4.95. The molecule has 1 saturated heterocycles. The number of hydrogen-bond donors (Lipinski definition) is 1. The Morgan fingerprint density at radius 1 is 1.24 bits per heavy atom. The van der Waals surface area contributed by atoms with Crippen LogP contribution in [0, 0.1) is 0 Å². The van der Waals surface area contributed by atoms with Crippen LogP contribution in [0.25, 0.3) is 0 Å². The Hall–Kier alpha value is -1.34. The van der Waals surface area contributed by atoms with Crippen LogP contribution in [0.2, 0.25) is 0 Å². The highest BCUT2D eigenvalue weighted by Crippen LogP contribution is 2.35. The maximum atomic E-state index is 13.4. The van der Waals surface area contributed by atoms with Gasteiger partial charge in [0.25, 0.3) is 0 Å². The van der Waals surface area contributed by atoms with E-state index in [9.17, 15) is 17.6 Å². The molecule has 0 saturated carbocycles. The van der Waals surface area contributed by atoms with Gasteiger partial charge in [-0.1, -0.05) is 0 Å². The van der Waals surface area contributed by atoms with Gasteiger partial charge in [-0.05, 0) is 23.8 Å². The Balaban J connectivity index is 2.35. The highest BCUT2D eigenvalue weighted by molar-refractivity contribution is 5.37. The molecule has 0 spiro atoms. The molecule has 1 aromatic carbocycles. The number of piperazine rings is 1. The zero-order valence-electron chi connectivity index (χ0n) is 11.7. The average molecular weight is 306 g/mol. The van der Waals surface area contributed by atoms with Crippen molar-refractivity contribution in [1.29, 1.82) is 0 Å². The zero-order chi connectivity index (χ0) is 15.5. The smallest absolute Gasteiger partial charge is 0.416 e. The Bertz CT molecular complexity index is 473. The minimum absolute atomic E-state index is 0.0911. The molecule has 0 unspecified atom stereocenters. The molecule has 1 heterocycles. The number of halogens is 4. The van der Waals surface area contributed by atoms with Crippen LogP contribution in [0.5, 0.6) is 5.75 Å². The molecular formula is C14H18F4N2O. The summed E-state index contributed by atoms with van der Waals surface area (Å²) in [7, 11) is 1.30. The highest BCUT2D eigenvalue weighted by Gasteiger charge is 2.33. The summed E-state index contributed by atoms with van der Waals surface area (Å²) < 4.78 is 57.1. The molecule has 1 fully saturated rings. The third-order valence-corrected chi connectivity index (χ3v) is 3.62. The van der Waals surface area contributed by atoms with Crippen LogP contribution in [0.4, 0.5) is 17.6 Å². The highest BCUT2D eigenvalue weighted by atomic mass is 19.4. The number of nitrogens with one attached hydrogen (secondary N) is 1. The van der Waals surface area contributed by atoms with Crippen molar-refractivity contribution in [1.82, 2.24) is 10.2 Å². The van der Waals surface area contributed by atoms with E-state index in [1.807, 2.05) is 4.90 Å². The number of rotatable bonds is 4. The molecule has 1 N–H and O–H groups in total. The van der Waals surface area contributed by atoms with Gasteiger partial charge >= 0.3 is 6.18 Å². The van der Waals surface area contributed by atoms with Crippen molar-refractivity contribution in [3.63, 3.8) is 0 Å². The molecule has 1 aliphatic rings. The van der Waals surface area contributed by atoms with Gasteiger partial charge < -0.3 is 10.1 Å². The maximum Gasteiger partial charge on any atom is 0.416 e. The monoisotopic (exact) mass is 306 g/mol. The summed E-state index contributed by atoms with van der Waals surface area (Å²) in [6, 6.07) is 2.73. The van der Waals surface area contributed by atoms with E-state index in [2.05, 4.69) is 5.32 Å². The minimum Gasteiger partial charge on any atom is -0.497 e. The third kappa shape index (κ3) is 3.85. The summed E-state index contributed by atoms with van der Waals surface area (Å²) in [6.45, 7) is 1.88. The lowest BCUT2D eigenvalue weighted by molar-refractivity contribution is -0.137. The number of hydrogen-bond acceptors (Lipinski definition) is 3. The third-order valence-electron chi connectivity index (χ3n) is 3.62. The Labute approximate surface area is 120 Å². The fraction of sp³-hybridized carbons (Fsp3) is 0.571. The molecule has 0 bridgehead atoms. The van der Waals surface area contributed by atoms with Crippen molar-refractivity contribution in [2.24, 2.45) is 0 Å². The van der Waals surface area contributed by atoms with Gasteiger partial charge in [0, 0.05) is 26.2 Å². The van der Waals surface area contributed by atoms with Crippen molar-refractivity contribution >= 4 is 0 Å². The first kappa shape index (κ1) is 16.0. The SMILES string of the molecule is COc1cc([C@@H](CF)N2CCNCC2)cc(C(F)(F)F)c1. The quantitative estimate of drug-likeness (QED) is 0.866. The zero-order valence-corrected chi connectivity index (χ0v) is 11.7. The summed E-state index contributed by atoms with van der Waals surface area (Å²) in [5.41, 5.74) is -0.517. The number of benzene rings is 1. The molecule has 0 amide bonds. The van der Waals surface area contributed by atoms with E-state index >= 15 is 0 Å². The molecule has 3 nitrogen and oxygen atoms in total. The second kappa shape index (κ2) is 6.62. The lowest BCUT2D eigenvalue weighted by atomic mass is 10.0. The van der Waals surface area contributed by atoms with E-state index in [0.29, 0.717) is 31.7 Å². The summed E-state index contributed by atoms with van der Waals surface area (Å²) >= 11 is 0. The molecule has 118 valence electrons. The van der Waals surface area contributed by atoms with E-state index in [-0.39, 0.29) is 5.75 Å². The second-order valence-corrected chi connectivity index (χ2v) is 4.95. The predicted molar refractivity (Wildman–Crippen MR) is 71.2 cm³/mol. The van der Waals surface area contributed by atoms with Crippen molar-refractivity contribution < 1.29 is 22.3 Å². The van der Waals surface area contributed by atoms with E-state index in [1.54, 1.807) is 0 Å². The molecule has 21 heavy (non-hydrogen) atoms. The Morgan fingerprint density at radius 2 is 1.90 bits per heavy atom. The van der Waals surface area contributed by atoms with Crippen LogP contribution in [-0.2, 0) is 6.18 Å². The van der Waals surface area contributed by atoms with Crippen LogP contribution in [0.3, 0.4) is 0 Å². The van der Waals surface area contributed by atoms with Crippen molar-refractivity contribution in [3.05, 3.63) is 29.3 Å². The Morgan fingerprint density at radius 3 is 2.43 bits per heavy atom. The van der Waals surface area contributed by atoms with E-state index < -0.39 is 24.5 Å². The van der Waals surface area contributed by atoms with E-state index in [1.165, 1.54) is 13.2 Å². The fourth-order valence-corrected chi connectivity index (χ4v) is 2.49. The maximum absolute atomic E-state index is 13.4. The van der Waals surface area contributed by atoms with Crippen LogP contribution in [0.1, 0.15) is 17.2 Å². The van der Waals surface area contributed by atoms with Gasteiger partial charge in [-0.25, -0.2) is 4.39 Å². The number of ether oxygens (including phenoxy) is 1. The van der Waals surface area contributed by atoms with Crippen LogP contribution >= 0.6 is 0 Å². The van der Waals surface area contributed by atoms with E-state index in [4.69, 9.17) is 4.74 Å². The lowest BCUT2D eigenvalue weighted by Gasteiger charge is -2.34. The van der Waals surface area contributed by atoms with Gasteiger partial charge in [0.15, 0.2) is 0 Å². The topological polar surface area (TPSA) is 24.5 Å². The number of methoxy groups -OCH3 is 1. The Kier molecular flexibility index (Phi) is 5.05. The molecule has 0 aliphatic carbocycles. The van der Waals surface area contributed by atoms with Crippen molar-refractivity contribution in [2.45, 2.75) is 12.2 Å². The van der Waals surface area contributed by atoms with Gasteiger partial charge in [-0.15, -0.1) is 0 Å². The van der Waals surface area contributed by atoms with Crippen LogP contribution < -0.4 is 10.1 Å². The standard InChI is InChI=1S/C14H18F4N2O/c1-21-12-7-10(6-11(8-12)14(16,17)18)13(9-15)20-4-2-19-3-5-20/h6-8,13,19H,2-5,9H2,1H3/t13-/m1/s1. The van der Waals surface area contributed by atoms with Gasteiger partial charge in [-0.2, -0.15) is 13.2 Å². The number of alkyl halides is 4. The van der Waals surface area contributed by atoms with Gasteiger partial charge in [0.1, 0.15) is 12.4 Å². The molecule has 2 rings (SSSR count). The summed E-state index contributed by atoms with van der Waals surface area (Å²) in [4.78, 5) is 1.85. The van der Waals surface area contributed by atoms with Crippen molar-refractivity contribution in [3.8, 4) is 5.75 Å². The minimum atomic E-state index is -4.48. The first-order chi connectivity index (χ1) is 9.95. The fourth-order valence-electron chi connectivity index (χ4n) is 2.49.